The Kier molecular flexibility index (Phi) is 8.88. The standard InChI is InChI=1S/C24H16NO.C18H17N2.Ir/c1-14-10-15(2)12-16(11-14)22-13-20-23-18(8-5-9-21(23)25-22)17-6-3-4-7-19(17)24(20)26;1-12-10-13(2)17(14(3)11-12)18(15-6-4-8-19-15)16-7-5-9-20-16;/h3-11,13H,1-2H3;4-11H,1-3H3;/q2*-1;/b;18-15+;. The summed E-state index contributed by atoms with van der Waals surface area (Å²) in [5, 5.41) is 0.948. The van der Waals surface area contributed by atoms with Crippen molar-refractivity contribution in [1.29, 1.82) is 0 Å². The molecule has 6 aromatic rings. The number of rotatable bonds is 3. The van der Waals surface area contributed by atoms with Gasteiger partial charge in [-0.2, -0.15) is 6.20 Å². The van der Waals surface area contributed by atoms with E-state index in [0.29, 0.717) is 0 Å². The zero-order valence-electron chi connectivity index (χ0n) is 27.0. The minimum atomic E-state index is 0. The van der Waals surface area contributed by atoms with Crippen molar-refractivity contribution in [2.45, 2.75) is 34.6 Å². The van der Waals surface area contributed by atoms with E-state index in [2.05, 4.69) is 74.1 Å². The monoisotopic (exact) mass is 788 g/mol. The molecule has 8 rings (SSSR count). The smallest absolute Gasteiger partial charge is 0.193 e. The molecule has 1 aliphatic carbocycles. The van der Waals surface area contributed by atoms with Gasteiger partial charge in [-0.1, -0.05) is 86.1 Å². The molecule has 4 nitrogen and oxygen atoms in total. The van der Waals surface area contributed by atoms with Gasteiger partial charge >= 0.3 is 0 Å². The second kappa shape index (κ2) is 13.0. The maximum absolute atomic E-state index is 13.2. The van der Waals surface area contributed by atoms with Gasteiger partial charge in [0.25, 0.3) is 0 Å². The molecule has 2 aromatic heterocycles. The van der Waals surface area contributed by atoms with Gasteiger partial charge in [-0.15, -0.1) is 40.6 Å². The van der Waals surface area contributed by atoms with Gasteiger partial charge in [0.1, 0.15) is 0 Å². The summed E-state index contributed by atoms with van der Waals surface area (Å²) in [5.41, 5.74) is 16.5. The van der Waals surface area contributed by atoms with Crippen molar-refractivity contribution in [3.8, 4) is 22.4 Å². The van der Waals surface area contributed by atoms with Gasteiger partial charge in [0.15, 0.2) is 5.78 Å². The third-order valence-corrected chi connectivity index (χ3v) is 8.51. The predicted octanol–water partition coefficient (Wildman–Crippen LogP) is 9.50. The van der Waals surface area contributed by atoms with Gasteiger partial charge in [0.2, 0.25) is 0 Å². The molecule has 0 N–H and O–H groups in total. The zero-order valence-corrected chi connectivity index (χ0v) is 29.4. The quantitative estimate of drug-likeness (QED) is 0.168. The summed E-state index contributed by atoms with van der Waals surface area (Å²) in [4.78, 5) is 27.0. The molecule has 47 heavy (non-hydrogen) atoms. The molecule has 1 aliphatic heterocycles. The van der Waals surface area contributed by atoms with Crippen molar-refractivity contribution in [3.63, 3.8) is 0 Å². The maximum atomic E-state index is 13.2. The van der Waals surface area contributed by atoms with Gasteiger partial charge in [0.05, 0.1) is 11.2 Å². The molecule has 0 spiro atoms. The Hall–Kier alpha value is -4.96. The number of pyridine rings is 1. The van der Waals surface area contributed by atoms with E-state index >= 15 is 0 Å². The van der Waals surface area contributed by atoms with Crippen LogP contribution >= 0.6 is 0 Å². The number of fused-ring (bicyclic) bond motifs is 2. The topological polar surface area (TPSA) is 56.4 Å². The largest absolute Gasteiger partial charge is 0.664 e. The van der Waals surface area contributed by atoms with Gasteiger partial charge in [-0.3, -0.25) is 14.8 Å². The van der Waals surface area contributed by atoms with Crippen LogP contribution in [0.25, 0.3) is 38.9 Å². The van der Waals surface area contributed by atoms with Crippen LogP contribution in [0, 0.1) is 40.7 Å². The number of aliphatic imine (C=N–C) groups is 1. The molecular weight excluding hydrogens is 755 g/mol. The van der Waals surface area contributed by atoms with E-state index in [1.807, 2.05) is 86.1 Å². The van der Waals surface area contributed by atoms with E-state index in [0.717, 1.165) is 72.5 Å². The molecule has 0 amide bonds. The van der Waals surface area contributed by atoms with Crippen molar-refractivity contribution in [1.82, 2.24) is 9.97 Å². The summed E-state index contributed by atoms with van der Waals surface area (Å²) in [6.07, 6.45) is 7.67. The van der Waals surface area contributed by atoms with Crippen LogP contribution in [0.4, 0.5) is 0 Å². The minimum absolute atomic E-state index is 0. The van der Waals surface area contributed by atoms with Crippen LogP contribution in [-0.4, -0.2) is 17.0 Å². The summed E-state index contributed by atoms with van der Waals surface area (Å²) in [5.74, 6) is 0.0670. The number of allylic oxidation sites excluding steroid dienone is 2. The third-order valence-electron chi connectivity index (χ3n) is 8.51. The summed E-state index contributed by atoms with van der Waals surface area (Å²) in [6, 6.07) is 31.8. The van der Waals surface area contributed by atoms with Gasteiger partial charge in [-0.05, 0) is 78.1 Å². The van der Waals surface area contributed by atoms with E-state index in [1.54, 1.807) is 0 Å². The molecular formula is C42H33IrN3O-2. The fraction of sp³-hybridized carbons (Fsp3) is 0.119. The van der Waals surface area contributed by atoms with Crippen LogP contribution in [0.15, 0.2) is 114 Å². The Labute approximate surface area is 289 Å². The van der Waals surface area contributed by atoms with E-state index in [9.17, 15) is 4.79 Å². The Morgan fingerprint density at radius 1 is 0.745 bits per heavy atom. The first-order valence-corrected chi connectivity index (χ1v) is 15.5. The Balaban J connectivity index is 0.000000167. The number of hydrogen-bond donors (Lipinski definition) is 0. The molecule has 3 heterocycles. The summed E-state index contributed by atoms with van der Waals surface area (Å²) in [6.45, 7) is 10.5. The second-order valence-corrected chi connectivity index (χ2v) is 12.1. The average molecular weight is 788 g/mol. The summed E-state index contributed by atoms with van der Waals surface area (Å²) < 4.78 is 0. The first kappa shape index (κ1) is 32.0. The zero-order chi connectivity index (χ0) is 31.9. The average Bonchev–Trinajstić information content (AvgIpc) is 3.77. The summed E-state index contributed by atoms with van der Waals surface area (Å²) in [7, 11) is 0. The molecule has 5 heteroatoms. The molecule has 4 aromatic carbocycles. The van der Waals surface area contributed by atoms with Crippen LogP contribution in [0.5, 0.6) is 0 Å². The third kappa shape index (κ3) is 6.01. The number of carbonyl (C=O) groups is 1. The number of ketones is 1. The van der Waals surface area contributed by atoms with Crippen molar-refractivity contribution in [3.05, 3.63) is 165 Å². The minimum Gasteiger partial charge on any atom is -0.664 e. The molecule has 0 fully saturated rings. The molecule has 0 bridgehead atoms. The maximum Gasteiger partial charge on any atom is 0.193 e. The van der Waals surface area contributed by atoms with Crippen LogP contribution in [0.2, 0.25) is 0 Å². The van der Waals surface area contributed by atoms with E-state index in [1.165, 1.54) is 22.3 Å². The predicted molar refractivity (Wildman–Crippen MR) is 188 cm³/mol. The van der Waals surface area contributed by atoms with Crippen molar-refractivity contribution >= 4 is 28.5 Å². The molecule has 1 radical (unpaired) electrons. The summed E-state index contributed by atoms with van der Waals surface area (Å²) >= 11 is 0. The molecule has 0 atom stereocenters. The number of hydrogen-bond acceptors (Lipinski definition) is 3. The fourth-order valence-electron chi connectivity index (χ4n) is 6.78. The van der Waals surface area contributed by atoms with Crippen LogP contribution in [0.1, 0.15) is 55.0 Å². The first-order chi connectivity index (χ1) is 22.3. The normalized spacial score (nSPS) is 13.6. The molecule has 2 aliphatic rings. The van der Waals surface area contributed by atoms with Gasteiger partial charge < -0.3 is 4.98 Å². The second-order valence-electron chi connectivity index (χ2n) is 12.1. The van der Waals surface area contributed by atoms with Crippen LogP contribution in [-0.2, 0) is 20.1 Å². The van der Waals surface area contributed by atoms with E-state index in [4.69, 9.17) is 4.98 Å². The Morgan fingerprint density at radius 2 is 1.47 bits per heavy atom. The molecule has 0 saturated carbocycles. The fourth-order valence-corrected chi connectivity index (χ4v) is 6.78. The van der Waals surface area contributed by atoms with Crippen molar-refractivity contribution in [2.24, 2.45) is 4.99 Å². The first-order valence-electron chi connectivity index (χ1n) is 15.5. The number of benzene rings is 4. The van der Waals surface area contributed by atoms with Crippen molar-refractivity contribution < 1.29 is 24.9 Å². The molecule has 233 valence electrons. The Morgan fingerprint density at radius 3 is 2.15 bits per heavy atom. The Bertz CT molecular complexity index is 2210. The molecule has 0 saturated heterocycles. The molecule has 0 unspecified atom stereocenters. The van der Waals surface area contributed by atoms with Crippen molar-refractivity contribution in [2.75, 3.05) is 0 Å². The van der Waals surface area contributed by atoms with Crippen LogP contribution in [0.3, 0.4) is 0 Å². The van der Waals surface area contributed by atoms with Gasteiger partial charge in [0, 0.05) is 42.8 Å². The number of nitrogens with zero attached hydrogens (tertiary/aromatic N) is 3. The number of aromatic nitrogens is 2. The van der Waals surface area contributed by atoms with Gasteiger partial charge in [-0.25, -0.2) is 0 Å². The number of aryl methyl sites for hydroxylation is 5. The SMILES string of the molecule is Cc1[c-]c(-c2cc3c4c(cccc4n2)-c2ccccc2C3=O)cc(C)c1.Cc1cc(C)c(/C(=C2\C=CC=N2)c2ccc[n-]2)c(C)c1.[Ir]. The van der Waals surface area contributed by atoms with E-state index in [-0.39, 0.29) is 25.9 Å². The van der Waals surface area contributed by atoms with Crippen LogP contribution < -0.4 is 4.98 Å². The number of carbonyl (C=O) groups excluding carboxylic acids is 1. The van der Waals surface area contributed by atoms with E-state index < -0.39 is 0 Å².